The molecule has 2 aromatic heterocycles. The quantitative estimate of drug-likeness (QED) is 0.608. The summed E-state index contributed by atoms with van der Waals surface area (Å²) in [4.78, 5) is 5.79. The van der Waals surface area contributed by atoms with Crippen LogP contribution in [0, 0.1) is 0 Å². The van der Waals surface area contributed by atoms with Crippen molar-refractivity contribution in [2.75, 3.05) is 0 Å². The van der Waals surface area contributed by atoms with Crippen LogP contribution in [0.2, 0.25) is 0 Å². The van der Waals surface area contributed by atoms with Crippen LogP contribution < -0.4 is 0 Å². The van der Waals surface area contributed by atoms with Gasteiger partial charge >= 0.3 is 0 Å². The van der Waals surface area contributed by atoms with Gasteiger partial charge in [0.2, 0.25) is 0 Å². The first-order valence-electron chi connectivity index (χ1n) is 6.73. The summed E-state index contributed by atoms with van der Waals surface area (Å²) in [6.45, 7) is 2.26. The number of aryl methyl sites for hydroxylation is 1. The van der Waals surface area contributed by atoms with Gasteiger partial charge in [-0.15, -0.1) is 11.3 Å². The Hall–Kier alpha value is -1.35. The SMILES string of the molecule is CCCCCCc1csc2nc3ccccc3n12. The summed E-state index contributed by atoms with van der Waals surface area (Å²) in [6.07, 6.45) is 6.43. The third-order valence-electron chi connectivity index (χ3n) is 3.40. The number of hydrogen-bond donors (Lipinski definition) is 0. The Bertz CT molecular complexity index is 651. The molecule has 1 aromatic carbocycles. The van der Waals surface area contributed by atoms with Gasteiger partial charge in [0.15, 0.2) is 4.96 Å². The lowest BCUT2D eigenvalue weighted by atomic mass is 10.1. The number of unbranched alkanes of at least 4 members (excludes halogenated alkanes) is 3. The van der Waals surface area contributed by atoms with E-state index in [2.05, 4.69) is 46.0 Å². The highest BCUT2D eigenvalue weighted by atomic mass is 32.1. The third-order valence-corrected chi connectivity index (χ3v) is 4.28. The zero-order chi connectivity index (χ0) is 12.4. The number of hydrogen-bond acceptors (Lipinski definition) is 2. The van der Waals surface area contributed by atoms with Crippen LogP contribution in [0.5, 0.6) is 0 Å². The molecule has 0 fully saturated rings. The molecule has 0 atom stereocenters. The second-order valence-corrected chi connectivity index (χ2v) is 5.59. The van der Waals surface area contributed by atoms with Crippen LogP contribution in [0.4, 0.5) is 0 Å². The number of imidazole rings is 1. The minimum Gasteiger partial charge on any atom is -0.287 e. The lowest BCUT2D eigenvalue weighted by Gasteiger charge is -2.00. The van der Waals surface area contributed by atoms with Gasteiger partial charge in [-0.25, -0.2) is 4.98 Å². The zero-order valence-electron chi connectivity index (χ0n) is 10.7. The Morgan fingerprint density at radius 1 is 1.17 bits per heavy atom. The summed E-state index contributed by atoms with van der Waals surface area (Å²) >= 11 is 1.76. The molecule has 0 bridgehead atoms. The summed E-state index contributed by atoms with van der Waals surface area (Å²) in [5.74, 6) is 0. The fourth-order valence-corrected chi connectivity index (χ4v) is 3.37. The van der Waals surface area contributed by atoms with Crippen molar-refractivity contribution in [2.45, 2.75) is 39.0 Å². The van der Waals surface area contributed by atoms with Crippen molar-refractivity contribution in [2.24, 2.45) is 0 Å². The second-order valence-electron chi connectivity index (χ2n) is 4.76. The summed E-state index contributed by atoms with van der Waals surface area (Å²) in [5.41, 5.74) is 3.78. The predicted octanol–water partition coefficient (Wildman–Crippen LogP) is 4.67. The number of thiazole rings is 1. The number of rotatable bonds is 5. The minimum absolute atomic E-state index is 1.11. The van der Waals surface area contributed by atoms with Crippen molar-refractivity contribution in [1.29, 1.82) is 0 Å². The molecule has 0 aliphatic heterocycles. The summed E-state index contributed by atoms with van der Waals surface area (Å²) in [6, 6.07) is 8.41. The Kier molecular flexibility index (Phi) is 3.33. The van der Waals surface area contributed by atoms with Crippen LogP contribution >= 0.6 is 11.3 Å². The molecule has 0 aliphatic rings. The Balaban J connectivity index is 1.92. The highest BCUT2D eigenvalue weighted by Crippen LogP contribution is 2.24. The normalized spacial score (nSPS) is 11.6. The first-order valence-corrected chi connectivity index (χ1v) is 7.61. The maximum Gasteiger partial charge on any atom is 0.194 e. The Morgan fingerprint density at radius 3 is 2.94 bits per heavy atom. The van der Waals surface area contributed by atoms with Crippen LogP contribution in [0.1, 0.15) is 38.3 Å². The molecule has 0 saturated carbocycles. The van der Waals surface area contributed by atoms with E-state index in [0.29, 0.717) is 0 Å². The van der Waals surface area contributed by atoms with E-state index < -0.39 is 0 Å². The van der Waals surface area contributed by atoms with Gasteiger partial charge in [0.1, 0.15) is 0 Å². The van der Waals surface area contributed by atoms with E-state index in [0.717, 1.165) is 10.5 Å². The largest absolute Gasteiger partial charge is 0.287 e. The Morgan fingerprint density at radius 2 is 2.06 bits per heavy atom. The van der Waals surface area contributed by atoms with Gasteiger partial charge in [-0.05, 0) is 25.0 Å². The monoisotopic (exact) mass is 258 g/mol. The van der Waals surface area contributed by atoms with Crippen LogP contribution in [-0.2, 0) is 6.42 Å². The van der Waals surface area contributed by atoms with E-state index in [1.807, 2.05) is 0 Å². The third kappa shape index (κ3) is 2.03. The van der Waals surface area contributed by atoms with Gasteiger partial charge in [0.25, 0.3) is 0 Å². The van der Waals surface area contributed by atoms with Crippen LogP contribution in [0.25, 0.3) is 16.0 Å². The molecule has 0 spiro atoms. The number of para-hydroxylation sites is 2. The molecule has 0 unspecified atom stereocenters. The molecule has 0 radical (unpaired) electrons. The van der Waals surface area contributed by atoms with Gasteiger partial charge in [0, 0.05) is 11.1 Å². The first-order chi connectivity index (χ1) is 8.90. The minimum atomic E-state index is 1.11. The second kappa shape index (κ2) is 5.11. The molecular weight excluding hydrogens is 240 g/mol. The van der Waals surface area contributed by atoms with Crippen LogP contribution in [-0.4, -0.2) is 9.38 Å². The summed E-state index contributed by atoms with van der Waals surface area (Å²) in [5, 5.41) is 2.26. The van der Waals surface area contributed by atoms with Gasteiger partial charge < -0.3 is 0 Å². The molecule has 0 amide bonds. The lowest BCUT2D eigenvalue weighted by Crippen LogP contribution is -1.91. The van der Waals surface area contributed by atoms with Crippen molar-refractivity contribution >= 4 is 27.3 Å². The van der Waals surface area contributed by atoms with E-state index in [1.54, 1.807) is 11.3 Å². The standard InChI is InChI=1S/C15H18N2S/c1-2-3-4-5-8-12-11-18-15-16-13-9-6-7-10-14(13)17(12)15/h6-7,9-11H,2-5,8H2,1H3. The highest BCUT2D eigenvalue weighted by Gasteiger charge is 2.09. The van der Waals surface area contributed by atoms with Crippen molar-refractivity contribution in [3.8, 4) is 0 Å². The number of benzene rings is 1. The van der Waals surface area contributed by atoms with E-state index >= 15 is 0 Å². The predicted molar refractivity (Wildman–Crippen MR) is 78.4 cm³/mol. The van der Waals surface area contributed by atoms with Crippen molar-refractivity contribution in [3.63, 3.8) is 0 Å². The molecule has 0 N–H and O–H groups in total. The van der Waals surface area contributed by atoms with Gasteiger partial charge in [0.05, 0.1) is 11.0 Å². The highest BCUT2D eigenvalue weighted by molar-refractivity contribution is 7.15. The van der Waals surface area contributed by atoms with Gasteiger partial charge in [-0.2, -0.15) is 0 Å². The summed E-state index contributed by atoms with van der Waals surface area (Å²) < 4.78 is 2.33. The van der Waals surface area contributed by atoms with Crippen molar-refractivity contribution in [3.05, 3.63) is 35.3 Å². The van der Waals surface area contributed by atoms with Crippen molar-refractivity contribution < 1.29 is 0 Å². The van der Waals surface area contributed by atoms with Crippen LogP contribution in [0.15, 0.2) is 29.6 Å². The molecule has 2 nitrogen and oxygen atoms in total. The topological polar surface area (TPSA) is 17.3 Å². The zero-order valence-corrected chi connectivity index (χ0v) is 11.5. The molecule has 0 aliphatic carbocycles. The fraction of sp³-hybridized carbons (Fsp3) is 0.400. The van der Waals surface area contributed by atoms with E-state index in [1.165, 1.54) is 43.3 Å². The summed E-state index contributed by atoms with van der Waals surface area (Å²) in [7, 11) is 0. The van der Waals surface area contributed by atoms with E-state index in [4.69, 9.17) is 0 Å². The maximum absolute atomic E-state index is 4.66. The fourth-order valence-electron chi connectivity index (χ4n) is 2.44. The maximum atomic E-state index is 4.66. The van der Waals surface area contributed by atoms with Gasteiger partial charge in [-0.1, -0.05) is 38.3 Å². The number of aromatic nitrogens is 2. The van der Waals surface area contributed by atoms with E-state index in [9.17, 15) is 0 Å². The van der Waals surface area contributed by atoms with Crippen LogP contribution in [0.3, 0.4) is 0 Å². The molecular formula is C15H18N2S. The molecule has 18 heavy (non-hydrogen) atoms. The smallest absolute Gasteiger partial charge is 0.194 e. The molecule has 0 saturated heterocycles. The molecule has 2 heterocycles. The molecule has 3 heteroatoms. The van der Waals surface area contributed by atoms with Crippen molar-refractivity contribution in [1.82, 2.24) is 9.38 Å². The average molecular weight is 258 g/mol. The molecule has 3 rings (SSSR count). The molecule has 3 aromatic rings. The number of fused-ring (bicyclic) bond motifs is 3. The van der Waals surface area contributed by atoms with E-state index in [-0.39, 0.29) is 0 Å². The molecule has 94 valence electrons. The van der Waals surface area contributed by atoms with Gasteiger partial charge in [-0.3, -0.25) is 4.40 Å². The lowest BCUT2D eigenvalue weighted by molar-refractivity contribution is 0.660. The number of nitrogens with zero attached hydrogens (tertiary/aromatic N) is 2. The average Bonchev–Trinajstić information content (AvgIpc) is 2.94. The first kappa shape index (κ1) is 11.7. The Labute approximate surface area is 111 Å².